The van der Waals surface area contributed by atoms with Gasteiger partial charge in [0, 0.05) is 25.7 Å². The van der Waals surface area contributed by atoms with Crippen LogP contribution in [0.4, 0.5) is 10.6 Å². The maximum atomic E-state index is 12.1. The monoisotopic (exact) mass is 336 g/mol. The van der Waals surface area contributed by atoms with Crippen molar-refractivity contribution in [3.05, 3.63) is 12.4 Å². The summed E-state index contributed by atoms with van der Waals surface area (Å²) in [7, 11) is 0. The lowest BCUT2D eigenvalue weighted by Crippen LogP contribution is -2.42. The Morgan fingerprint density at radius 2 is 2.04 bits per heavy atom. The quantitative estimate of drug-likeness (QED) is 0.891. The number of hydrogen-bond acceptors (Lipinski definition) is 6. The van der Waals surface area contributed by atoms with Gasteiger partial charge in [-0.1, -0.05) is 0 Å². The molecule has 7 heteroatoms. The van der Waals surface area contributed by atoms with Gasteiger partial charge in [-0.2, -0.15) is 0 Å². The molecule has 0 unspecified atom stereocenters. The van der Waals surface area contributed by atoms with Crippen LogP contribution in [0.25, 0.3) is 0 Å². The molecule has 24 heavy (non-hydrogen) atoms. The third-order valence-electron chi connectivity index (χ3n) is 3.77. The van der Waals surface area contributed by atoms with Gasteiger partial charge in [0.2, 0.25) is 5.88 Å². The number of carbonyl (C=O) groups is 1. The molecule has 1 amide bonds. The predicted molar refractivity (Wildman–Crippen MR) is 92.2 cm³/mol. The van der Waals surface area contributed by atoms with E-state index < -0.39 is 5.60 Å². The van der Waals surface area contributed by atoms with E-state index in [2.05, 4.69) is 15.3 Å². The van der Waals surface area contributed by atoms with Gasteiger partial charge in [0.15, 0.2) is 0 Å². The van der Waals surface area contributed by atoms with Crippen molar-refractivity contribution in [2.75, 3.05) is 31.6 Å². The highest BCUT2D eigenvalue weighted by atomic mass is 16.6. The maximum absolute atomic E-state index is 12.1. The summed E-state index contributed by atoms with van der Waals surface area (Å²) < 4.78 is 10.8. The maximum Gasteiger partial charge on any atom is 0.410 e. The van der Waals surface area contributed by atoms with Crippen LogP contribution in [0.3, 0.4) is 0 Å². The molecule has 0 saturated carbocycles. The highest BCUT2D eigenvalue weighted by Crippen LogP contribution is 2.20. The van der Waals surface area contributed by atoms with Crippen molar-refractivity contribution in [1.29, 1.82) is 0 Å². The van der Waals surface area contributed by atoms with Crippen molar-refractivity contribution in [3.8, 4) is 5.88 Å². The Kier molecular flexibility index (Phi) is 6.23. The average Bonchev–Trinajstić information content (AvgIpc) is 2.52. The van der Waals surface area contributed by atoms with E-state index in [1.807, 2.05) is 27.7 Å². The Bertz CT molecular complexity index is 537. The standard InChI is InChI=1S/C17H28N4O3/c1-5-23-15-10-14(19-12-20-15)18-11-13-6-8-21(9-7-13)16(22)24-17(2,3)4/h10,12-13H,5-9,11H2,1-4H3,(H,18,19,20). The second kappa shape index (κ2) is 8.17. The van der Waals surface area contributed by atoms with Crippen LogP contribution >= 0.6 is 0 Å². The Morgan fingerprint density at radius 3 is 2.67 bits per heavy atom. The summed E-state index contributed by atoms with van der Waals surface area (Å²) in [6, 6.07) is 1.80. The second-order valence-electron chi connectivity index (χ2n) is 6.97. The van der Waals surface area contributed by atoms with Crippen molar-refractivity contribution in [2.45, 2.75) is 46.1 Å². The average molecular weight is 336 g/mol. The van der Waals surface area contributed by atoms with Gasteiger partial charge in [-0.15, -0.1) is 0 Å². The molecular formula is C17H28N4O3. The highest BCUT2D eigenvalue weighted by molar-refractivity contribution is 5.68. The molecule has 1 saturated heterocycles. The van der Waals surface area contributed by atoms with Gasteiger partial charge in [-0.05, 0) is 46.5 Å². The Hall–Kier alpha value is -2.05. The van der Waals surface area contributed by atoms with Crippen LogP contribution in [-0.4, -0.2) is 52.8 Å². The first-order chi connectivity index (χ1) is 11.4. The highest BCUT2D eigenvalue weighted by Gasteiger charge is 2.26. The number of ether oxygens (including phenoxy) is 2. The van der Waals surface area contributed by atoms with Gasteiger partial charge in [-0.3, -0.25) is 0 Å². The summed E-state index contributed by atoms with van der Waals surface area (Å²) in [5.41, 5.74) is -0.444. The molecule has 0 bridgehead atoms. The van der Waals surface area contributed by atoms with Crippen LogP contribution < -0.4 is 10.1 Å². The fraction of sp³-hybridized carbons (Fsp3) is 0.706. The van der Waals surface area contributed by atoms with Crippen LogP contribution in [0, 0.1) is 5.92 Å². The first kappa shape index (κ1) is 18.3. The largest absolute Gasteiger partial charge is 0.478 e. The Morgan fingerprint density at radius 1 is 1.33 bits per heavy atom. The molecule has 2 heterocycles. The molecule has 7 nitrogen and oxygen atoms in total. The van der Waals surface area contributed by atoms with E-state index in [0.717, 1.165) is 38.3 Å². The molecule has 0 aliphatic carbocycles. The van der Waals surface area contributed by atoms with Crippen LogP contribution in [0.2, 0.25) is 0 Å². The molecule has 1 aliphatic heterocycles. The summed E-state index contributed by atoms with van der Waals surface area (Å²) in [5.74, 6) is 1.85. The van der Waals surface area contributed by atoms with Crippen molar-refractivity contribution in [3.63, 3.8) is 0 Å². The van der Waals surface area contributed by atoms with E-state index in [0.29, 0.717) is 18.4 Å². The van der Waals surface area contributed by atoms with E-state index in [4.69, 9.17) is 9.47 Å². The second-order valence-corrected chi connectivity index (χ2v) is 6.97. The minimum Gasteiger partial charge on any atom is -0.478 e. The smallest absolute Gasteiger partial charge is 0.410 e. The lowest BCUT2D eigenvalue weighted by molar-refractivity contribution is 0.0188. The van der Waals surface area contributed by atoms with Crippen molar-refractivity contribution < 1.29 is 14.3 Å². The van der Waals surface area contributed by atoms with Gasteiger partial charge in [0.1, 0.15) is 17.7 Å². The van der Waals surface area contributed by atoms with E-state index in [1.165, 1.54) is 6.33 Å². The number of rotatable bonds is 5. The van der Waals surface area contributed by atoms with Crippen molar-refractivity contribution in [2.24, 2.45) is 5.92 Å². The first-order valence-corrected chi connectivity index (χ1v) is 8.54. The van der Waals surface area contributed by atoms with Crippen LogP contribution in [0.5, 0.6) is 5.88 Å². The number of anilines is 1. The molecule has 134 valence electrons. The number of nitrogens with one attached hydrogen (secondary N) is 1. The first-order valence-electron chi connectivity index (χ1n) is 8.54. The van der Waals surface area contributed by atoms with E-state index in [-0.39, 0.29) is 6.09 Å². The van der Waals surface area contributed by atoms with Crippen LogP contribution in [0.15, 0.2) is 12.4 Å². The molecule has 0 aromatic carbocycles. The zero-order valence-corrected chi connectivity index (χ0v) is 15.0. The number of piperidine rings is 1. The fourth-order valence-corrected chi connectivity index (χ4v) is 2.56. The van der Waals surface area contributed by atoms with E-state index in [9.17, 15) is 4.79 Å². The molecule has 1 fully saturated rings. The van der Waals surface area contributed by atoms with Gasteiger partial charge < -0.3 is 19.7 Å². The van der Waals surface area contributed by atoms with Gasteiger partial charge >= 0.3 is 6.09 Å². The van der Waals surface area contributed by atoms with E-state index >= 15 is 0 Å². The van der Waals surface area contributed by atoms with E-state index in [1.54, 1.807) is 11.0 Å². The van der Waals surface area contributed by atoms with Crippen molar-refractivity contribution >= 4 is 11.9 Å². The summed E-state index contributed by atoms with van der Waals surface area (Å²) >= 11 is 0. The zero-order valence-electron chi connectivity index (χ0n) is 15.0. The Balaban J connectivity index is 1.75. The topological polar surface area (TPSA) is 76.6 Å². The predicted octanol–water partition coefficient (Wildman–Crippen LogP) is 2.93. The number of aromatic nitrogens is 2. The number of nitrogens with zero attached hydrogens (tertiary/aromatic N) is 3. The normalized spacial score (nSPS) is 15.9. The summed E-state index contributed by atoms with van der Waals surface area (Å²) in [5, 5.41) is 3.33. The molecule has 1 aliphatic rings. The lowest BCUT2D eigenvalue weighted by atomic mass is 9.97. The van der Waals surface area contributed by atoms with Crippen LogP contribution in [0.1, 0.15) is 40.5 Å². The summed E-state index contributed by atoms with van der Waals surface area (Å²) in [4.78, 5) is 22.1. The third kappa shape index (κ3) is 5.86. The molecule has 2 rings (SSSR count). The van der Waals surface area contributed by atoms with Crippen LogP contribution in [-0.2, 0) is 4.74 Å². The Labute approximate surface area is 143 Å². The van der Waals surface area contributed by atoms with Crippen molar-refractivity contribution in [1.82, 2.24) is 14.9 Å². The summed E-state index contributed by atoms with van der Waals surface area (Å²) in [6.45, 7) is 10.5. The fourth-order valence-electron chi connectivity index (χ4n) is 2.56. The molecule has 1 aromatic heterocycles. The molecule has 1 aromatic rings. The minimum atomic E-state index is -0.444. The molecule has 0 radical (unpaired) electrons. The minimum absolute atomic E-state index is 0.217. The number of hydrogen-bond donors (Lipinski definition) is 1. The SMILES string of the molecule is CCOc1cc(NCC2CCN(C(=O)OC(C)(C)C)CC2)ncn1. The molecular weight excluding hydrogens is 308 g/mol. The zero-order chi connectivity index (χ0) is 17.6. The van der Waals surface area contributed by atoms with Gasteiger partial charge in [0.05, 0.1) is 6.61 Å². The third-order valence-corrected chi connectivity index (χ3v) is 3.77. The molecule has 0 spiro atoms. The van der Waals surface area contributed by atoms with Gasteiger partial charge in [0.25, 0.3) is 0 Å². The van der Waals surface area contributed by atoms with Gasteiger partial charge in [-0.25, -0.2) is 14.8 Å². The lowest BCUT2D eigenvalue weighted by Gasteiger charge is -2.33. The number of carbonyl (C=O) groups excluding carboxylic acids is 1. The molecule has 0 atom stereocenters. The summed E-state index contributed by atoms with van der Waals surface area (Å²) in [6.07, 6.45) is 3.19. The molecule has 1 N–H and O–H groups in total. The number of likely N-dealkylation sites (tertiary alicyclic amines) is 1. The number of amides is 1.